The van der Waals surface area contributed by atoms with Gasteiger partial charge in [0, 0.05) is 30.9 Å². The summed E-state index contributed by atoms with van der Waals surface area (Å²) in [5.74, 6) is -5.90. The number of hydrogen-bond acceptors (Lipinski definition) is 15. The van der Waals surface area contributed by atoms with Crippen molar-refractivity contribution in [1.29, 1.82) is 0 Å². The lowest BCUT2D eigenvalue weighted by Gasteiger charge is -2.31. The first-order valence-electron chi connectivity index (χ1n) is 22.6. The van der Waals surface area contributed by atoms with Crippen molar-refractivity contribution in [1.82, 2.24) is 42.1 Å². The number of benzene rings is 1. The quantitative estimate of drug-likeness (QED) is 0.0635. The smallest absolute Gasteiger partial charge is 0.245 e. The van der Waals surface area contributed by atoms with Crippen LogP contribution in [0.3, 0.4) is 0 Å². The third-order valence-electron chi connectivity index (χ3n) is 11.2. The minimum absolute atomic E-state index is 0.00742. The Morgan fingerprint density at radius 1 is 0.881 bits per heavy atom. The Morgan fingerprint density at radius 2 is 1.55 bits per heavy atom. The van der Waals surface area contributed by atoms with E-state index in [4.69, 9.17) is 21.9 Å². The van der Waals surface area contributed by atoms with E-state index < -0.39 is 120 Å². The monoisotopic (exact) mass is 979 g/mol. The van der Waals surface area contributed by atoms with Gasteiger partial charge >= 0.3 is 0 Å². The Kier molecular flexibility index (Phi) is 24.2. The maximum atomic E-state index is 14.0. The van der Waals surface area contributed by atoms with Crippen LogP contribution in [0.25, 0.3) is 0 Å². The summed E-state index contributed by atoms with van der Waals surface area (Å²) in [6.07, 6.45) is -0.100. The van der Waals surface area contributed by atoms with E-state index in [2.05, 4.69) is 37.2 Å². The van der Waals surface area contributed by atoms with Crippen LogP contribution >= 0.6 is 21.6 Å². The van der Waals surface area contributed by atoms with Crippen LogP contribution in [0.15, 0.2) is 24.3 Å². The second kappa shape index (κ2) is 28.9. The number of aliphatic hydroxyl groups excluding tert-OH is 1. The number of nitrogens with two attached hydrogens (primary N) is 3. The molecule has 374 valence electrons. The zero-order chi connectivity index (χ0) is 49.6. The molecule has 9 atom stereocenters. The molecule has 0 spiro atoms. The third kappa shape index (κ3) is 19.2. The predicted molar refractivity (Wildman–Crippen MR) is 252 cm³/mol. The van der Waals surface area contributed by atoms with Gasteiger partial charge in [-0.2, -0.15) is 0 Å². The molecule has 2 aliphatic rings. The van der Waals surface area contributed by atoms with Crippen molar-refractivity contribution in [3.05, 3.63) is 29.8 Å². The van der Waals surface area contributed by atoms with Crippen molar-refractivity contribution in [2.24, 2.45) is 23.1 Å². The molecular weight excluding hydrogens is 911 g/mol. The number of nitrogens with one attached hydrogen (secondary N) is 7. The van der Waals surface area contributed by atoms with E-state index in [9.17, 15) is 48.3 Å². The highest BCUT2D eigenvalue weighted by atomic mass is 33.1. The van der Waals surface area contributed by atoms with Gasteiger partial charge in [0.1, 0.15) is 36.0 Å². The predicted octanol–water partition coefficient (Wildman–Crippen LogP) is -2.57. The summed E-state index contributed by atoms with van der Waals surface area (Å²) in [6, 6.07) is -1.03. The van der Waals surface area contributed by atoms with Gasteiger partial charge in [0.15, 0.2) is 0 Å². The zero-order valence-corrected chi connectivity index (χ0v) is 40.3. The first kappa shape index (κ1) is 56.2. The Bertz CT molecular complexity index is 1860. The molecule has 2 fully saturated rings. The van der Waals surface area contributed by atoms with Gasteiger partial charge < -0.3 is 64.3 Å². The molecule has 3 unspecified atom stereocenters. The van der Waals surface area contributed by atoms with E-state index in [1.54, 1.807) is 38.1 Å². The van der Waals surface area contributed by atoms with Gasteiger partial charge in [0.2, 0.25) is 53.2 Å². The number of ether oxygens (including phenoxy) is 1. The molecule has 14 N–H and O–H groups in total. The maximum Gasteiger partial charge on any atom is 0.245 e. The molecular formula is C43H69N11O11S2. The van der Waals surface area contributed by atoms with Crippen molar-refractivity contribution in [3.8, 4) is 5.75 Å². The number of nitrogens with zero attached hydrogens (tertiary/aromatic N) is 1. The fraction of sp³-hybridized carbons (Fsp3) is 0.651. The van der Waals surface area contributed by atoms with E-state index in [-0.39, 0.29) is 43.9 Å². The number of primary amides is 2. The van der Waals surface area contributed by atoms with E-state index in [1.807, 2.05) is 11.8 Å². The Balaban J connectivity index is 1.95. The number of rotatable bonds is 19. The molecule has 0 bridgehead atoms. The number of hydrogen-bond donors (Lipinski definition) is 11. The van der Waals surface area contributed by atoms with Crippen LogP contribution in [0.1, 0.15) is 78.2 Å². The number of carbonyl (C=O) groups is 9. The van der Waals surface area contributed by atoms with Gasteiger partial charge in [0.05, 0.1) is 37.8 Å². The van der Waals surface area contributed by atoms with E-state index in [1.165, 1.54) is 28.5 Å². The van der Waals surface area contributed by atoms with Crippen molar-refractivity contribution in [3.63, 3.8) is 0 Å². The van der Waals surface area contributed by atoms with Gasteiger partial charge in [0.25, 0.3) is 0 Å². The first-order chi connectivity index (χ1) is 31.9. The van der Waals surface area contributed by atoms with Crippen molar-refractivity contribution in [2.75, 3.05) is 44.3 Å². The van der Waals surface area contributed by atoms with Gasteiger partial charge in [-0.25, -0.2) is 0 Å². The summed E-state index contributed by atoms with van der Waals surface area (Å²) in [5, 5.41) is 29.4. The van der Waals surface area contributed by atoms with Crippen LogP contribution in [-0.2, 0) is 49.6 Å². The number of carbonyl (C=O) groups excluding carboxylic acids is 9. The molecule has 2 heterocycles. The van der Waals surface area contributed by atoms with Crippen LogP contribution in [-0.4, -0.2) is 156 Å². The summed E-state index contributed by atoms with van der Waals surface area (Å²) >= 11 is 0. The normalized spacial score (nSPS) is 24.3. The summed E-state index contributed by atoms with van der Waals surface area (Å²) in [7, 11) is 2.63. The summed E-state index contributed by atoms with van der Waals surface area (Å²) in [5.41, 5.74) is 17.1. The topological polar surface area (TPSA) is 349 Å². The Morgan fingerprint density at radius 3 is 2.18 bits per heavy atom. The van der Waals surface area contributed by atoms with Gasteiger partial charge in [-0.1, -0.05) is 54.0 Å². The largest absolute Gasteiger partial charge is 0.494 e. The highest BCUT2D eigenvalue weighted by Gasteiger charge is 2.38. The maximum absolute atomic E-state index is 14.0. The van der Waals surface area contributed by atoms with Crippen molar-refractivity contribution < 1.29 is 53.0 Å². The number of likely N-dealkylation sites (tertiary alicyclic amines) is 1. The van der Waals surface area contributed by atoms with E-state index in [0.717, 1.165) is 0 Å². The van der Waals surface area contributed by atoms with Crippen molar-refractivity contribution >= 4 is 74.8 Å². The summed E-state index contributed by atoms with van der Waals surface area (Å²) in [4.78, 5) is 121. The molecule has 1 aromatic carbocycles. The molecule has 67 heavy (non-hydrogen) atoms. The zero-order valence-electron chi connectivity index (χ0n) is 38.6. The second-order valence-corrected chi connectivity index (χ2v) is 19.2. The van der Waals surface area contributed by atoms with Crippen LogP contribution in [0.4, 0.5) is 0 Å². The second-order valence-electron chi connectivity index (χ2n) is 16.6. The average molecular weight is 980 g/mol. The van der Waals surface area contributed by atoms with Gasteiger partial charge in [-0.15, -0.1) is 0 Å². The molecule has 9 amide bonds. The molecule has 0 aromatic heterocycles. The van der Waals surface area contributed by atoms with Crippen LogP contribution < -0.4 is 59.2 Å². The van der Waals surface area contributed by atoms with E-state index >= 15 is 0 Å². The molecule has 1 aromatic rings. The van der Waals surface area contributed by atoms with Crippen molar-refractivity contribution in [2.45, 2.75) is 127 Å². The van der Waals surface area contributed by atoms with Crippen LogP contribution in [0.2, 0.25) is 0 Å². The molecule has 22 nitrogen and oxygen atoms in total. The molecule has 0 aliphatic carbocycles. The molecule has 24 heteroatoms. The Labute approximate surface area is 399 Å². The fourth-order valence-corrected chi connectivity index (χ4v) is 9.64. The lowest BCUT2D eigenvalue weighted by molar-refractivity contribution is -0.137. The SMILES string of the molecule is CCOc1ccc(C[C@H]2NC(=O)CCSSCC(CN3CCC[C@H]3C(=O)N[C@@H](CCCN)C(=O)NCC(N)=O)NC(=O)[C@H](CC(N)=O)NC(=O)C([C@@H](C)O)NC(=O)C([C@@H](C)CC)NC2=O)cc1. The first-order valence-corrected chi connectivity index (χ1v) is 25.1. The number of amides is 9. The van der Waals surface area contributed by atoms with E-state index in [0.29, 0.717) is 50.1 Å². The molecule has 3 rings (SSSR count). The molecule has 2 saturated heterocycles. The highest BCUT2D eigenvalue weighted by Crippen LogP contribution is 2.25. The van der Waals surface area contributed by atoms with Crippen LogP contribution in [0.5, 0.6) is 5.75 Å². The Hall–Kier alpha value is -5.17. The fourth-order valence-electron chi connectivity index (χ4n) is 7.42. The van der Waals surface area contributed by atoms with Gasteiger partial charge in [-0.05, 0) is 76.2 Å². The minimum Gasteiger partial charge on any atom is -0.494 e. The highest BCUT2D eigenvalue weighted by molar-refractivity contribution is 8.76. The molecule has 0 radical (unpaired) electrons. The minimum atomic E-state index is -1.66. The molecule has 2 aliphatic heterocycles. The van der Waals surface area contributed by atoms with Crippen LogP contribution in [0, 0.1) is 5.92 Å². The number of aliphatic hydroxyl groups is 1. The average Bonchev–Trinajstić information content (AvgIpc) is 3.75. The lowest BCUT2D eigenvalue weighted by atomic mass is 9.96. The lowest BCUT2D eigenvalue weighted by Crippen LogP contribution is -2.62. The summed E-state index contributed by atoms with van der Waals surface area (Å²) in [6.45, 7) is 7.42. The summed E-state index contributed by atoms with van der Waals surface area (Å²) < 4.78 is 5.55. The standard InChI is InChI=1S/C43H69N11O11S2/c1-5-24(3)36-42(63)53-37(25(4)55)43(64)51-31(20-33(45)56)39(60)48-27(22-54-17-8-10-32(54)41(62)50-29(9-7-16-44)38(59)47-21-34(46)57)23-67-66-18-15-35(58)49-30(40(61)52-36)19-26-11-13-28(14-12-26)65-6-2/h11-14,24-25,27,29-32,36-37,55H,5-10,15-23,44H2,1-4H3,(H2,45,56)(H2,46,57)(H,47,59)(H,48,60)(H,49,58)(H,50,62)(H,51,64)(H,52,61)(H,53,63)/t24-,25+,27?,29-,30+,31-,32-,36?,37?/m0/s1. The third-order valence-corrected chi connectivity index (χ3v) is 13.7. The van der Waals surface area contributed by atoms with Gasteiger partial charge in [-0.3, -0.25) is 48.1 Å². The molecule has 0 saturated carbocycles.